The number of benzene rings is 3. The minimum absolute atomic E-state index is 0.125. The lowest BCUT2D eigenvalue weighted by atomic mass is 9.68. The van der Waals surface area contributed by atoms with Crippen LogP contribution in [0.1, 0.15) is 50.8 Å². The van der Waals surface area contributed by atoms with Crippen molar-refractivity contribution in [3.8, 4) is 11.5 Å². The van der Waals surface area contributed by atoms with Crippen LogP contribution in [0.3, 0.4) is 0 Å². The van der Waals surface area contributed by atoms with Crippen molar-refractivity contribution in [2.24, 2.45) is 5.41 Å². The molecule has 0 fully saturated rings. The molecule has 0 radical (unpaired) electrons. The van der Waals surface area contributed by atoms with Gasteiger partial charge in [-0.1, -0.05) is 60.1 Å². The number of carbonyl (C=O) groups is 2. The Balaban J connectivity index is 1.75. The first-order valence-corrected chi connectivity index (χ1v) is 12.1. The summed E-state index contributed by atoms with van der Waals surface area (Å²) in [7, 11) is 1.54. The van der Waals surface area contributed by atoms with Crippen molar-refractivity contribution in [1.82, 2.24) is 0 Å². The number of Topliss-reactive ketones (excluding diaryl/α,β-unsaturated/α-hetero) is 1. The van der Waals surface area contributed by atoms with Crippen LogP contribution < -0.4 is 14.8 Å². The second-order valence-electron chi connectivity index (χ2n) is 9.74. The summed E-state index contributed by atoms with van der Waals surface area (Å²) in [6.45, 7) is 5.66. The Bertz CT molecular complexity index is 1390. The van der Waals surface area contributed by atoms with E-state index < -0.39 is 5.97 Å². The zero-order valence-electron chi connectivity index (χ0n) is 19.6. The highest BCUT2D eigenvalue weighted by Gasteiger charge is 2.41. The molecule has 174 valence electrons. The third-order valence-electron chi connectivity index (χ3n) is 6.59. The average molecular weight is 520 g/mol. The monoisotopic (exact) mass is 519 g/mol. The molecule has 1 N–H and O–H groups in total. The van der Waals surface area contributed by atoms with E-state index in [1.54, 1.807) is 6.07 Å². The van der Waals surface area contributed by atoms with Gasteiger partial charge in [-0.05, 0) is 51.9 Å². The number of carbonyl (C=O) groups excluding carboxylic acids is 2. The van der Waals surface area contributed by atoms with Crippen molar-refractivity contribution in [3.63, 3.8) is 0 Å². The SMILES string of the molecule is COc1cc([C@@H]2Nc3ccc4ccccc4c3C3=C2C(=O)CC(C)(C)C3)c(Br)cc1OC(C)=O. The normalized spacial score (nSPS) is 18.7. The number of esters is 1. The standard InChI is InChI=1S/C28H26BrNO4/c1-15(31)34-24-12-20(29)18(11-23(24)33-4)27-26-19(13-28(2,3)14-22(26)32)25-17-8-6-5-7-16(17)9-10-21(25)30-27/h5-12,27,30H,13-14H2,1-4H3/t27-/m0/s1. The third-order valence-corrected chi connectivity index (χ3v) is 7.27. The predicted octanol–water partition coefficient (Wildman–Crippen LogP) is 6.85. The number of rotatable bonds is 3. The van der Waals surface area contributed by atoms with E-state index in [1.807, 2.05) is 18.2 Å². The van der Waals surface area contributed by atoms with Gasteiger partial charge in [0.2, 0.25) is 0 Å². The Morgan fingerprint density at radius 1 is 1.09 bits per heavy atom. The number of halogens is 1. The van der Waals surface area contributed by atoms with Crippen LogP contribution in [0.25, 0.3) is 16.3 Å². The minimum Gasteiger partial charge on any atom is -0.493 e. The zero-order chi connectivity index (χ0) is 24.2. The highest BCUT2D eigenvalue weighted by Crippen LogP contribution is 2.53. The molecule has 6 heteroatoms. The molecule has 2 aliphatic rings. The number of methoxy groups -OCH3 is 1. The van der Waals surface area contributed by atoms with E-state index in [9.17, 15) is 9.59 Å². The van der Waals surface area contributed by atoms with E-state index in [1.165, 1.54) is 14.0 Å². The van der Waals surface area contributed by atoms with E-state index in [0.29, 0.717) is 17.9 Å². The Hall–Kier alpha value is -3.12. The molecule has 0 amide bonds. The molecule has 0 unspecified atom stereocenters. The van der Waals surface area contributed by atoms with Crippen molar-refractivity contribution in [1.29, 1.82) is 0 Å². The largest absolute Gasteiger partial charge is 0.493 e. The lowest BCUT2D eigenvalue weighted by Crippen LogP contribution is -2.33. The van der Waals surface area contributed by atoms with Gasteiger partial charge in [0, 0.05) is 34.6 Å². The van der Waals surface area contributed by atoms with Crippen molar-refractivity contribution >= 4 is 49.7 Å². The smallest absolute Gasteiger partial charge is 0.308 e. The van der Waals surface area contributed by atoms with Crippen LogP contribution in [-0.4, -0.2) is 18.9 Å². The maximum Gasteiger partial charge on any atom is 0.308 e. The number of nitrogens with one attached hydrogen (secondary N) is 1. The van der Waals surface area contributed by atoms with Crippen molar-refractivity contribution in [2.75, 3.05) is 12.4 Å². The van der Waals surface area contributed by atoms with E-state index in [0.717, 1.165) is 49.6 Å². The lowest BCUT2D eigenvalue weighted by Gasteiger charge is -2.40. The Morgan fingerprint density at radius 3 is 2.59 bits per heavy atom. The van der Waals surface area contributed by atoms with Crippen LogP contribution in [0.5, 0.6) is 11.5 Å². The molecule has 1 aliphatic heterocycles. The lowest BCUT2D eigenvalue weighted by molar-refractivity contribution is -0.132. The van der Waals surface area contributed by atoms with Gasteiger partial charge in [-0.2, -0.15) is 0 Å². The van der Waals surface area contributed by atoms with Crippen LogP contribution in [-0.2, 0) is 9.59 Å². The Morgan fingerprint density at radius 2 is 1.85 bits per heavy atom. The van der Waals surface area contributed by atoms with Gasteiger partial charge in [-0.25, -0.2) is 0 Å². The first-order valence-electron chi connectivity index (χ1n) is 11.3. The van der Waals surface area contributed by atoms with Crippen molar-refractivity contribution in [2.45, 2.75) is 39.7 Å². The van der Waals surface area contributed by atoms with Gasteiger partial charge in [-0.3, -0.25) is 9.59 Å². The molecule has 1 heterocycles. The summed E-state index contributed by atoms with van der Waals surface area (Å²) in [5.41, 5.74) is 4.75. The third kappa shape index (κ3) is 3.80. The fraction of sp³-hybridized carbons (Fsp3) is 0.286. The van der Waals surface area contributed by atoms with Crippen LogP contribution >= 0.6 is 15.9 Å². The number of allylic oxidation sites excluding steroid dienone is 1. The summed E-state index contributed by atoms with van der Waals surface area (Å²) in [4.78, 5) is 25.2. The number of ketones is 1. The molecule has 5 rings (SSSR count). The molecule has 5 nitrogen and oxygen atoms in total. The molecule has 0 saturated heterocycles. The summed E-state index contributed by atoms with van der Waals surface area (Å²) >= 11 is 3.65. The molecule has 3 aromatic rings. The van der Waals surface area contributed by atoms with Crippen LogP contribution in [0.4, 0.5) is 5.69 Å². The molecule has 0 saturated carbocycles. The molecule has 0 spiro atoms. The maximum atomic E-state index is 13.6. The summed E-state index contributed by atoms with van der Waals surface area (Å²) in [6, 6.07) is 15.7. The second-order valence-corrected chi connectivity index (χ2v) is 10.6. The fourth-order valence-electron chi connectivity index (χ4n) is 5.24. The summed E-state index contributed by atoms with van der Waals surface area (Å²) in [5, 5.41) is 5.94. The van der Waals surface area contributed by atoms with Gasteiger partial charge in [0.15, 0.2) is 17.3 Å². The molecule has 34 heavy (non-hydrogen) atoms. The fourth-order valence-corrected chi connectivity index (χ4v) is 5.79. The van der Waals surface area contributed by atoms with E-state index in [2.05, 4.69) is 59.4 Å². The number of ether oxygens (including phenoxy) is 2. The van der Waals surface area contributed by atoms with Gasteiger partial charge >= 0.3 is 5.97 Å². The number of fused-ring (bicyclic) bond motifs is 4. The second kappa shape index (κ2) is 8.27. The van der Waals surface area contributed by atoms with Crippen molar-refractivity contribution in [3.05, 3.63) is 69.7 Å². The van der Waals surface area contributed by atoms with E-state index in [4.69, 9.17) is 9.47 Å². The molecule has 1 aliphatic carbocycles. The molecule has 3 aromatic carbocycles. The highest BCUT2D eigenvalue weighted by molar-refractivity contribution is 9.10. The number of hydrogen-bond acceptors (Lipinski definition) is 5. The Kier molecular flexibility index (Phi) is 5.52. The van der Waals surface area contributed by atoms with E-state index in [-0.39, 0.29) is 17.2 Å². The molecular weight excluding hydrogens is 494 g/mol. The van der Waals surface area contributed by atoms with Crippen LogP contribution in [0.2, 0.25) is 0 Å². The first-order chi connectivity index (χ1) is 16.2. The van der Waals surface area contributed by atoms with Crippen LogP contribution in [0, 0.1) is 5.41 Å². The van der Waals surface area contributed by atoms with Gasteiger partial charge in [0.25, 0.3) is 0 Å². The predicted molar refractivity (Wildman–Crippen MR) is 137 cm³/mol. The molecule has 1 atom stereocenters. The number of anilines is 1. The quantitative estimate of drug-likeness (QED) is 0.303. The first kappa shape index (κ1) is 22.7. The van der Waals surface area contributed by atoms with Crippen molar-refractivity contribution < 1.29 is 19.1 Å². The van der Waals surface area contributed by atoms with Gasteiger partial charge in [0.05, 0.1) is 13.2 Å². The minimum atomic E-state index is -0.427. The Labute approximate surface area is 207 Å². The molecule has 0 bridgehead atoms. The average Bonchev–Trinajstić information content (AvgIpc) is 2.77. The maximum absolute atomic E-state index is 13.6. The van der Waals surface area contributed by atoms with E-state index >= 15 is 0 Å². The molecular formula is C28H26BrNO4. The molecule has 0 aromatic heterocycles. The summed E-state index contributed by atoms with van der Waals surface area (Å²) < 4.78 is 11.6. The summed E-state index contributed by atoms with van der Waals surface area (Å²) in [5.74, 6) is 0.491. The topological polar surface area (TPSA) is 64.6 Å². The van der Waals surface area contributed by atoms with Gasteiger partial charge < -0.3 is 14.8 Å². The van der Waals surface area contributed by atoms with Gasteiger partial charge in [0.1, 0.15) is 0 Å². The number of hydrogen-bond donors (Lipinski definition) is 1. The highest BCUT2D eigenvalue weighted by atomic mass is 79.9. The summed E-state index contributed by atoms with van der Waals surface area (Å²) in [6.07, 6.45) is 1.30. The van der Waals surface area contributed by atoms with Crippen LogP contribution in [0.15, 0.2) is 58.6 Å². The van der Waals surface area contributed by atoms with Gasteiger partial charge in [-0.15, -0.1) is 0 Å². The zero-order valence-corrected chi connectivity index (χ0v) is 21.2.